The molecule has 9 nitrogen and oxygen atoms in total. The number of pyridine rings is 1. The molecule has 2 atom stereocenters. The van der Waals surface area contributed by atoms with E-state index in [1.165, 1.54) is 19.4 Å². The van der Waals surface area contributed by atoms with E-state index < -0.39 is 29.2 Å². The number of benzene rings is 1. The number of aryl methyl sites for hydroxylation is 1. The van der Waals surface area contributed by atoms with Crippen molar-refractivity contribution in [1.82, 2.24) is 9.80 Å². The highest BCUT2D eigenvalue weighted by atomic mass is 35.5. The topological polar surface area (TPSA) is 106 Å². The second-order valence-electron chi connectivity index (χ2n) is 10.0. The minimum absolute atomic E-state index is 0.0498. The number of rotatable bonds is 10. The van der Waals surface area contributed by atoms with E-state index in [1.54, 1.807) is 18.1 Å². The van der Waals surface area contributed by atoms with Gasteiger partial charge in [0, 0.05) is 64.6 Å². The molecule has 4 rings (SSSR count). The summed E-state index contributed by atoms with van der Waals surface area (Å²) in [5.41, 5.74) is -0.0571. The maximum atomic E-state index is 14.3. The van der Waals surface area contributed by atoms with Crippen LogP contribution in [0.2, 0.25) is 5.02 Å². The van der Waals surface area contributed by atoms with Crippen LogP contribution >= 0.6 is 11.6 Å². The molecule has 212 valence electrons. The number of piperidine rings is 1. The minimum atomic E-state index is -1.38. The fraction of sp³-hybridized carbons (Fsp3) is 0.519. The number of hydrogen-bond donors (Lipinski definition) is 1. The molecule has 2 aliphatic rings. The first-order valence-corrected chi connectivity index (χ1v) is 13.2. The van der Waals surface area contributed by atoms with Crippen LogP contribution in [0.4, 0.5) is 13.6 Å². The van der Waals surface area contributed by atoms with E-state index in [-0.39, 0.29) is 48.6 Å². The Morgan fingerprint density at radius 1 is 1.26 bits per heavy atom. The molecule has 2 amide bonds. The Labute approximate surface area is 230 Å². The molecule has 0 radical (unpaired) electrons. The first kappa shape index (κ1) is 29.0. The molecule has 0 bridgehead atoms. The summed E-state index contributed by atoms with van der Waals surface area (Å²) in [6, 6.07) is 4.92. The van der Waals surface area contributed by atoms with Gasteiger partial charge in [0.25, 0.3) is 0 Å². The third-order valence-corrected chi connectivity index (χ3v) is 7.95. The molecule has 0 spiro atoms. The van der Waals surface area contributed by atoms with E-state index in [0.29, 0.717) is 35.4 Å². The highest BCUT2D eigenvalue weighted by Crippen LogP contribution is 2.44. The molecule has 12 heteroatoms. The number of hydrogen-bond acceptors (Lipinski definition) is 5. The first-order valence-electron chi connectivity index (χ1n) is 12.8. The van der Waals surface area contributed by atoms with Gasteiger partial charge in [-0.3, -0.25) is 4.79 Å². The minimum Gasteiger partial charge on any atom is -0.618 e. The molecule has 2 aromatic rings. The number of aromatic nitrogens is 1. The van der Waals surface area contributed by atoms with Crippen molar-refractivity contribution in [3.8, 4) is 0 Å². The van der Waals surface area contributed by atoms with Gasteiger partial charge in [0.2, 0.25) is 5.91 Å². The van der Waals surface area contributed by atoms with Crippen LogP contribution in [0.15, 0.2) is 30.5 Å². The third kappa shape index (κ3) is 6.10. The Morgan fingerprint density at radius 3 is 2.62 bits per heavy atom. The van der Waals surface area contributed by atoms with E-state index in [9.17, 15) is 28.7 Å². The number of nitrogens with zero attached hydrogens (tertiary/aromatic N) is 3. The van der Waals surface area contributed by atoms with Crippen LogP contribution < -0.4 is 4.73 Å². The molecule has 1 aliphatic carbocycles. The van der Waals surface area contributed by atoms with E-state index in [2.05, 4.69) is 0 Å². The molecule has 1 saturated carbocycles. The molecule has 2 heterocycles. The lowest BCUT2D eigenvalue weighted by atomic mass is 9.74. The Morgan fingerprint density at radius 2 is 2.00 bits per heavy atom. The molecule has 1 aromatic carbocycles. The van der Waals surface area contributed by atoms with Crippen LogP contribution in [0, 0.1) is 22.8 Å². The van der Waals surface area contributed by atoms with Crippen molar-refractivity contribution < 1.29 is 37.7 Å². The van der Waals surface area contributed by atoms with E-state index in [4.69, 9.17) is 21.1 Å². The van der Waals surface area contributed by atoms with Crippen molar-refractivity contribution in [2.75, 3.05) is 33.9 Å². The molecule has 2 fully saturated rings. The van der Waals surface area contributed by atoms with Crippen molar-refractivity contribution in [1.29, 1.82) is 0 Å². The van der Waals surface area contributed by atoms with Gasteiger partial charge in [0.05, 0.1) is 5.92 Å². The summed E-state index contributed by atoms with van der Waals surface area (Å²) in [5.74, 6) is -3.54. The number of carbonyl (C=O) groups excluding carboxylic acids is 1. The molecule has 1 N–H and O–H groups in total. The molecule has 0 unspecified atom stereocenters. The Hall–Kier alpha value is -3.02. The number of carbonyl (C=O) groups is 2. The molecule has 1 aromatic heterocycles. The average molecular weight is 568 g/mol. The number of carboxylic acid groups (broad SMARTS) is 1. The van der Waals surface area contributed by atoms with Gasteiger partial charge in [-0.15, -0.1) is 0 Å². The second-order valence-corrected chi connectivity index (χ2v) is 10.4. The van der Waals surface area contributed by atoms with Crippen LogP contribution in [0.5, 0.6) is 0 Å². The van der Waals surface area contributed by atoms with Crippen LogP contribution in [-0.2, 0) is 32.8 Å². The fourth-order valence-electron chi connectivity index (χ4n) is 5.31. The van der Waals surface area contributed by atoms with E-state index >= 15 is 0 Å². The molecule has 39 heavy (non-hydrogen) atoms. The predicted octanol–water partition coefficient (Wildman–Crippen LogP) is 3.86. The van der Waals surface area contributed by atoms with Gasteiger partial charge in [-0.25, -0.2) is 13.6 Å². The largest absolute Gasteiger partial charge is 0.618 e. The van der Waals surface area contributed by atoms with Gasteiger partial charge in [0.15, 0.2) is 23.5 Å². The summed E-state index contributed by atoms with van der Waals surface area (Å²) in [7, 11) is 2.96. The highest BCUT2D eigenvalue weighted by molar-refractivity contribution is 6.31. The number of likely N-dealkylation sites (tertiary alicyclic amines) is 1. The zero-order valence-electron chi connectivity index (χ0n) is 21.9. The van der Waals surface area contributed by atoms with Crippen LogP contribution in [0.3, 0.4) is 0 Å². The molecule has 1 saturated heterocycles. The lowest BCUT2D eigenvalue weighted by Crippen LogP contribution is -2.58. The van der Waals surface area contributed by atoms with Crippen molar-refractivity contribution >= 4 is 23.6 Å². The number of methoxy groups -OCH3 is 2. The number of ether oxygens (including phenoxy) is 2. The van der Waals surface area contributed by atoms with Gasteiger partial charge < -0.3 is 29.6 Å². The highest BCUT2D eigenvalue weighted by Gasteiger charge is 2.52. The standard InChI is InChI=1S/C27H32ClF2N3O6/c1-38-11-3-4-20-12-17(22(28)16-33(20)37)14-32(19-6-7-19)25(34)21-15-31(26(35)36)10-9-27(21,39-2)18-5-8-23(29)24(30)13-18/h5,8,12-13,16,19,21H,3-4,6-7,9-11,14-15H2,1-2H3,(H,35,36)/t21-,27+/m1/s1. The van der Waals surface area contributed by atoms with Gasteiger partial charge >= 0.3 is 6.09 Å². The smallest absolute Gasteiger partial charge is 0.407 e. The third-order valence-electron chi connectivity index (χ3n) is 7.61. The van der Waals surface area contributed by atoms with E-state index in [0.717, 1.165) is 29.9 Å². The van der Waals surface area contributed by atoms with Gasteiger partial charge in [-0.2, -0.15) is 4.73 Å². The van der Waals surface area contributed by atoms with E-state index in [1.807, 2.05) is 0 Å². The Kier molecular flexibility index (Phi) is 8.93. The zero-order valence-corrected chi connectivity index (χ0v) is 22.6. The lowest BCUT2D eigenvalue weighted by molar-refractivity contribution is -0.614. The summed E-state index contributed by atoms with van der Waals surface area (Å²) in [6.07, 6.45) is 2.73. The normalized spacial score (nSPS) is 21.2. The maximum Gasteiger partial charge on any atom is 0.407 e. The Bertz CT molecular complexity index is 1230. The van der Waals surface area contributed by atoms with Crippen molar-refractivity contribution in [3.63, 3.8) is 0 Å². The van der Waals surface area contributed by atoms with Gasteiger partial charge in [-0.1, -0.05) is 17.7 Å². The van der Waals surface area contributed by atoms with Crippen molar-refractivity contribution in [3.05, 3.63) is 69.1 Å². The summed E-state index contributed by atoms with van der Waals surface area (Å²) in [6.45, 7) is 0.445. The van der Waals surface area contributed by atoms with Crippen LogP contribution in [-0.4, -0.2) is 66.9 Å². The van der Waals surface area contributed by atoms with Crippen molar-refractivity contribution in [2.24, 2.45) is 5.92 Å². The quantitative estimate of drug-likeness (QED) is 0.265. The van der Waals surface area contributed by atoms with Gasteiger partial charge in [0.1, 0.15) is 10.6 Å². The van der Waals surface area contributed by atoms with Gasteiger partial charge in [-0.05, 0) is 43.4 Å². The Balaban J connectivity index is 1.70. The SMILES string of the molecule is COCCCc1cc(CN(C(=O)[C@H]2CN(C(=O)O)CC[C@]2(OC)c2ccc(F)c(F)c2)C2CC2)c(Cl)c[n+]1[O-]. The first-order chi connectivity index (χ1) is 18.6. The predicted molar refractivity (Wildman–Crippen MR) is 137 cm³/mol. The monoisotopic (exact) mass is 567 g/mol. The summed E-state index contributed by atoms with van der Waals surface area (Å²) in [4.78, 5) is 28.9. The number of amides is 2. The number of halogens is 3. The summed E-state index contributed by atoms with van der Waals surface area (Å²) in [5, 5.41) is 22.3. The summed E-state index contributed by atoms with van der Waals surface area (Å²) < 4.78 is 39.8. The van der Waals surface area contributed by atoms with Crippen LogP contribution in [0.1, 0.15) is 42.5 Å². The molecule has 1 aliphatic heterocycles. The van der Waals surface area contributed by atoms with Crippen molar-refractivity contribution in [2.45, 2.75) is 50.3 Å². The average Bonchev–Trinajstić information content (AvgIpc) is 3.75. The fourth-order valence-corrected chi connectivity index (χ4v) is 5.52. The zero-order chi connectivity index (χ0) is 28.3. The van der Waals surface area contributed by atoms with Crippen LogP contribution in [0.25, 0.3) is 0 Å². The lowest BCUT2D eigenvalue weighted by Gasteiger charge is -2.47. The second kappa shape index (κ2) is 12.0. The summed E-state index contributed by atoms with van der Waals surface area (Å²) >= 11 is 6.43. The maximum absolute atomic E-state index is 14.3. The molecular formula is C27H32ClF2N3O6. The molecular weight excluding hydrogens is 536 g/mol.